The maximum absolute atomic E-state index is 12.8. The lowest BCUT2D eigenvalue weighted by Gasteiger charge is -2.21. The van der Waals surface area contributed by atoms with Crippen LogP contribution in [0.3, 0.4) is 0 Å². The molecule has 0 aliphatic heterocycles. The van der Waals surface area contributed by atoms with Crippen molar-refractivity contribution in [2.45, 2.75) is 51.0 Å². The van der Waals surface area contributed by atoms with Crippen molar-refractivity contribution in [3.8, 4) is 11.1 Å². The summed E-state index contributed by atoms with van der Waals surface area (Å²) in [6.07, 6.45) is 2.61. The van der Waals surface area contributed by atoms with Gasteiger partial charge in [-0.05, 0) is 53.4 Å². The first-order valence-corrected chi connectivity index (χ1v) is 12.1. The number of alkyl carbamates (subject to hydrolysis) is 1. The molecule has 2 atom stereocenters. The smallest absolute Gasteiger partial charge is 0.407 e. The van der Waals surface area contributed by atoms with Crippen LogP contribution in [0.15, 0.2) is 48.5 Å². The summed E-state index contributed by atoms with van der Waals surface area (Å²) in [5, 5.41) is 14.7. The van der Waals surface area contributed by atoms with E-state index in [1.165, 1.54) is 0 Å². The lowest BCUT2D eigenvalue weighted by atomic mass is 9.98. The van der Waals surface area contributed by atoms with Gasteiger partial charge in [-0.15, -0.1) is 0 Å². The molecule has 0 spiro atoms. The van der Waals surface area contributed by atoms with E-state index in [0.717, 1.165) is 35.1 Å². The molecule has 4 rings (SSSR count). The molecule has 3 N–H and O–H groups in total. The first-order valence-electron chi connectivity index (χ1n) is 12.1. The first-order chi connectivity index (χ1) is 16.5. The number of benzene rings is 2. The standard InChI is InChI=1S/C27H32N2O5/c1-2-7-24(26(32)28-15-18(14-25(30)31)17-12-13-17)29-27(33)34-16-23-21-10-5-3-8-19(21)20-9-4-6-11-22(20)23/h3-6,8-11,17-18,23-24H,2,7,12-16H2,1H3,(H,28,32)(H,29,33)(H,30,31)/t18?,24-/m1/s1. The fourth-order valence-corrected chi connectivity index (χ4v) is 4.89. The lowest BCUT2D eigenvalue weighted by molar-refractivity contribution is -0.138. The van der Waals surface area contributed by atoms with Gasteiger partial charge in [-0.2, -0.15) is 0 Å². The molecule has 2 amide bonds. The molecule has 0 radical (unpaired) electrons. The number of hydrogen-bond donors (Lipinski definition) is 3. The summed E-state index contributed by atoms with van der Waals surface area (Å²) >= 11 is 0. The van der Waals surface area contributed by atoms with Crippen molar-refractivity contribution in [1.29, 1.82) is 0 Å². The van der Waals surface area contributed by atoms with Gasteiger partial charge >= 0.3 is 12.1 Å². The fraction of sp³-hybridized carbons (Fsp3) is 0.444. The molecular weight excluding hydrogens is 432 g/mol. The fourth-order valence-electron chi connectivity index (χ4n) is 4.89. The second kappa shape index (κ2) is 10.7. The molecule has 1 unspecified atom stereocenters. The van der Waals surface area contributed by atoms with Crippen LogP contribution in [0.5, 0.6) is 0 Å². The molecule has 0 heterocycles. The third kappa shape index (κ3) is 5.58. The highest BCUT2D eigenvalue weighted by Gasteiger charge is 2.34. The number of ether oxygens (including phenoxy) is 1. The molecule has 1 fully saturated rings. The van der Waals surface area contributed by atoms with E-state index in [-0.39, 0.29) is 30.8 Å². The molecule has 1 saturated carbocycles. The van der Waals surface area contributed by atoms with Crippen LogP contribution < -0.4 is 10.6 Å². The zero-order valence-electron chi connectivity index (χ0n) is 19.5. The summed E-state index contributed by atoms with van der Waals surface area (Å²) in [5.74, 6) is -0.916. The van der Waals surface area contributed by atoms with Crippen molar-refractivity contribution >= 4 is 18.0 Å². The third-order valence-corrected chi connectivity index (χ3v) is 6.79. The van der Waals surface area contributed by atoms with E-state index in [2.05, 4.69) is 34.9 Å². The van der Waals surface area contributed by atoms with Crippen LogP contribution in [0.4, 0.5) is 4.79 Å². The molecule has 0 bridgehead atoms. The van der Waals surface area contributed by atoms with Gasteiger partial charge in [0, 0.05) is 12.5 Å². The van der Waals surface area contributed by atoms with E-state index >= 15 is 0 Å². The van der Waals surface area contributed by atoms with Crippen LogP contribution in [0.1, 0.15) is 56.1 Å². The predicted octanol–water partition coefficient (Wildman–Crippen LogP) is 4.31. The molecule has 2 aromatic rings. The first kappa shape index (κ1) is 23.8. The predicted molar refractivity (Wildman–Crippen MR) is 128 cm³/mol. The second-order valence-electron chi connectivity index (χ2n) is 9.25. The van der Waals surface area contributed by atoms with E-state index in [1.807, 2.05) is 31.2 Å². The Labute approximate surface area is 199 Å². The number of hydrogen-bond acceptors (Lipinski definition) is 4. The molecule has 0 saturated heterocycles. The second-order valence-corrected chi connectivity index (χ2v) is 9.25. The highest BCUT2D eigenvalue weighted by atomic mass is 16.5. The number of aliphatic carboxylic acids is 1. The Morgan fingerprint density at radius 2 is 1.65 bits per heavy atom. The zero-order valence-corrected chi connectivity index (χ0v) is 19.5. The minimum Gasteiger partial charge on any atom is -0.481 e. The Kier molecular flexibility index (Phi) is 7.50. The van der Waals surface area contributed by atoms with Gasteiger partial charge < -0.3 is 20.5 Å². The summed E-state index contributed by atoms with van der Waals surface area (Å²) < 4.78 is 5.59. The maximum atomic E-state index is 12.8. The number of amides is 2. The van der Waals surface area contributed by atoms with Gasteiger partial charge in [-0.3, -0.25) is 9.59 Å². The summed E-state index contributed by atoms with van der Waals surface area (Å²) in [6.45, 7) is 2.43. The summed E-state index contributed by atoms with van der Waals surface area (Å²) in [5.41, 5.74) is 4.57. The summed E-state index contributed by atoms with van der Waals surface area (Å²) in [4.78, 5) is 36.5. The molecule has 7 nitrogen and oxygen atoms in total. The summed E-state index contributed by atoms with van der Waals surface area (Å²) in [7, 11) is 0. The number of carbonyl (C=O) groups is 3. The van der Waals surface area contributed by atoms with Gasteiger partial charge in [0.1, 0.15) is 12.6 Å². The Balaban J connectivity index is 1.33. The van der Waals surface area contributed by atoms with E-state index in [1.54, 1.807) is 0 Å². The minimum atomic E-state index is -0.854. The third-order valence-electron chi connectivity index (χ3n) is 6.79. The van der Waals surface area contributed by atoms with Crippen molar-refractivity contribution < 1.29 is 24.2 Å². The molecule has 2 aliphatic carbocycles. The molecule has 2 aromatic carbocycles. The van der Waals surface area contributed by atoms with Crippen LogP contribution >= 0.6 is 0 Å². The van der Waals surface area contributed by atoms with Crippen LogP contribution in [0.25, 0.3) is 11.1 Å². The molecule has 0 aromatic heterocycles. The minimum absolute atomic E-state index is 0.0448. The highest BCUT2D eigenvalue weighted by Crippen LogP contribution is 2.44. The highest BCUT2D eigenvalue weighted by molar-refractivity contribution is 5.85. The van der Waals surface area contributed by atoms with Gasteiger partial charge in [0.2, 0.25) is 5.91 Å². The van der Waals surface area contributed by atoms with Crippen LogP contribution in [-0.2, 0) is 14.3 Å². The van der Waals surface area contributed by atoms with E-state index in [4.69, 9.17) is 9.84 Å². The average Bonchev–Trinajstić information content (AvgIpc) is 3.62. The van der Waals surface area contributed by atoms with Gasteiger partial charge in [-0.1, -0.05) is 61.9 Å². The maximum Gasteiger partial charge on any atom is 0.407 e. The Bertz CT molecular complexity index is 1000. The summed E-state index contributed by atoms with van der Waals surface area (Å²) in [6, 6.07) is 15.5. The van der Waals surface area contributed by atoms with Crippen LogP contribution in [0.2, 0.25) is 0 Å². The molecule has 180 valence electrons. The van der Waals surface area contributed by atoms with Crippen molar-refractivity contribution in [2.24, 2.45) is 11.8 Å². The average molecular weight is 465 g/mol. The quantitative estimate of drug-likeness (QED) is 0.460. The topological polar surface area (TPSA) is 105 Å². The van der Waals surface area contributed by atoms with Gasteiger partial charge in [0.05, 0.1) is 6.42 Å². The number of nitrogens with one attached hydrogen (secondary N) is 2. The number of carboxylic acid groups (broad SMARTS) is 1. The lowest BCUT2D eigenvalue weighted by Crippen LogP contribution is -2.48. The Hall–Kier alpha value is -3.35. The van der Waals surface area contributed by atoms with Gasteiger partial charge in [-0.25, -0.2) is 4.79 Å². The van der Waals surface area contributed by atoms with Gasteiger partial charge in [0.25, 0.3) is 0 Å². The normalized spacial score (nSPS) is 16.1. The largest absolute Gasteiger partial charge is 0.481 e. The van der Waals surface area contributed by atoms with Crippen molar-refractivity contribution in [1.82, 2.24) is 10.6 Å². The van der Waals surface area contributed by atoms with Crippen molar-refractivity contribution in [2.75, 3.05) is 13.2 Å². The Morgan fingerprint density at radius 3 is 2.21 bits per heavy atom. The van der Waals surface area contributed by atoms with Crippen LogP contribution in [0, 0.1) is 11.8 Å². The van der Waals surface area contributed by atoms with E-state index in [0.29, 0.717) is 25.3 Å². The van der Waals surface area contributed by atoms with Crippen LogP contribution in [-0.4, -0.2) is 42.3 Å². The molecule has 34 heavy (non-hydrogen) atoms. The molecule has 7 heteroatoms. The number of rotatable bonds is 11. The molecule has 2 aliphatic rings. The van der Waals surface area contributed by atoms with Crippen molar-refractivity contribution in [3.63, 3.8) is 0 Å². The van der Waals surface area contributed by atoms with Gasteiger partial charge in [0.15, 0.2) is 0 Å². The zero-order chi connectivity index (χ0) is 24.1. The molecular formula is C27H32N2O5. The van der Waals surface area contributed by atoms with Crippen molar-refractivity contribution in [3.05, 3.63) is 59.7 Å². The monoisotopic (exact) mass is 464 g/mol. The number of carbonyl (C=O) groups excluding carboxylic acids is 2. The van der Waals surface area contributed by atoms with E-state index in [9.17, 15) is 14.4 Å². The van der Waals surface area contributed by atoms with E-state index < -0.39 is 18.1 Å². The Morgan fingerprint density at radius 1 is 1.03 bits per heavy atom. The number of carboxylic acids is 1. The number of fused-ring (bicyclic) bond motifs is 3. The SMILES string of the molecule is CCC[C@@H](NC(=O)OCC1c2ccccc2-c2ccccc21)C(=O)NCC(CC(=O)O)C1CC1.